The van der Waals surface area contributed by atoms with Crippen molar-refractivity contribution in [3.05, 3.63) is 71.4 Å². The van der Waals surface area contributed by atoms with Gasteiger partial charge in [-0.05, 0) is 63.4 Å². The predicted molar refractivity (Wildman–Crippen MR) is 119 cm³/mol. The van der Waals surface area contributed by atoms with Gasteiger partial charge < -0.3 is 10.3 Å². The van der Waals surface area contributed by atoms with E-state index < -0.39 is 0 Å². The average Bonchev–Trinajstić information content (AvgIpc) is 3.10. The summed E-state index contributed by atoms with van der Waals surface area (Å²) in [4.78, 5) is 6.25. The van der Waals surface area contributed by atoms with Gasteiger partial charge in [0.1, 0.15) is 0 Å². The van der Waals surface area contributed by atoms with Gasteiger partial charge in [0.15, 0.2) is 0 Å². The molecule has 148 valence electrons. The summed E-state index contributed by atoms with van der Waals surface area (Å²) >= 11 is 0. The van der Waals surface area contributed by atoms with Crippen molar-refractivity contribution in [3.63, 3.8) is 0 Å². The molecule has 2 aromatic carbocycles. The fourth-order valence-electron chi connectivity index (χ4n) is 5.64. The molecule has 0 radical (unpaired) electrons. The van der Waals surface area contributed by atoms with E-state index in [9.17, 15) is 0 Å². The fourth-order valence-corrected chi connectivity index (χ4v) is 5.64. The Kier molecular flexibility index (Phi) is 5.03. The van der Waals surface area contributed by atoms with Crippen molar-refractivity contribution < 1.29 is 0 Å². The Morgan fingerprint density at radius 3 is 2.25 bits per heavy atom. The second kappa shape index (κ2) is 7.22. The van der Waals surface area contributed by atoms with E-state index in [2.05, 4.69) is 83.9 Å². The van der Waals surface area contributed by atoms with Crippen LogP contribution in [0.5, 0.6) is 0 Å². The molecule has 1 aliphatic carbocycles. The number of aromatic amines is 1. The molecular weight excluding hydrogens is 366 g/mol. The molecule has 1 fully saturated rings. The van der Waals surface area contributed by atoms with Crippen LogP contribution in [0.4, 0.5) is 0 Å². The highest BCUT2D eigenvalue weighted by molar-refractivity contribution is 5.85. The molecule has 0 atom stereocenters. The predicted octanol–water partition coefficient (Wildman–Crippen LogP) is 4.96. The van der Waals surface area contributed by atoms with E-state index in [1.807, 2.05) is 0 Å². The van der Waals surface area contributed by atoms with Gasteiger partial charge in [-0.15, -0.1) is 12.4 Å². The lowest BCUT2D eigenvalue weighted by atomic mass is 9.66. The number of hydrogen-bond acceptors (Lipinski definition) is 2. The molecule has 28 heavy (non-hydrogen) atoms. The van der Waals surface area contributed by atoms with Crippen LogP contribution < -0.4 is 5.32 Å². The molecule has 1 aliphatic heterocycles. The summed E-state index contributed by atoms with van der Waals surface area (Å²) in [6, 6.07) is 19.9. The minimum Gasteiger partial charge on any atom is -0.357 e. The largest absolute Gasteiger partial charge is 0.357 e. The normalized spacial score (nSPS) is 27.0. The molecule has 1 aromatic heterocycles. The molecule has 1 spiro atoms. The van der Waals surface area contributed by atoms with Crippen molar-refractivity contribution in [2.24, 2.45) is 0 Å². The Morgan fingerprint density at radius 1 is 0.857 bits per heavy atom. The van der Waals surface area contributed by atoms with Gasteiger partial charge in [-0.3, -0.25) is 4.90 Å². The van der Waals surface area contributed by atoms with Crippen molar-refractivity contribution in [1.82, 2.24) is 15.2 Å². The topological polar surface area (TPSA) is 31.1 Å². The van der Waals surface area contributed by atoms with Gasteiger partial charge in [-0.25, -0.2) is 0 Å². The van der Waals surface area contributed by atoms with Crippen LogP contribution in [0.25, 0.3) is 10.9 Å². The molecule has 0 unspecified atom stereocenters. The third kappa shape index (κ3) is 2.80. The van der Waals surface area contributed by atoms with Crippen molar-refractivity contribution in [3.8, 4) is 0 Å². The van der Waals surface area contributed by atoms with Gasteiger partial charge in [0.05, 0.1) is 5.54 Å². The van der Waals surface area contributed by atoms with E-state index in [0.717, 1.165) is 13.0 Å². The number of nitrogens with zero attached hydrogens (tertiary/aromatic N) is 1. The maximum absolute atomic E-state index is 3.93. The van der Waals surface area contributed by atoms with Crippen LogP contribution in [0.15, 0.2) is 54.6 Å². The second-order valence-corrected chi connectivity index (χ2v) is 8.58. The zero-order valence-corrected chi connectivity index (χ0v) is 17.6. The van der Waals surface area contributed by atoms with E-state index >= 15 is 0 Å². The molecule has 3 aromatic rings. The average molecular weight is 396 g/mol. The third-order valence-electron chi connectivity index (χ3n) is 7.23. The number of nitrogens with one attached hydrogen (secondary N) is 2. The lowest BCUT2D eigenvalue weighted by Crippen LogP contribution is -2.55. The Morgan fingerprint density at radius 2 is 1.54 bits per heavy atom. The highest BCUT2D eigenvalue weighted by Gasteiger charge is 2.48. The molecular formula is C24H30ClN3. The number of hydrogen-bond donors (Lipinski definition) is 2. The first-order valence-corrected chi connectivity index (χ1v) is 10.2. The van der Waals surface area contributed by atoms with E-state index in [1.165, 1.54) is 47.8 Å². The number of para-hydroxylation sites is 1. The summed E-state index contributed by atoms with van der Waals surface area (Å²) in [5.74, 6) is 0. The Labute approximate surface area is 173 Å². The van der Waals surface area contributed by atoms with Gasteiger partial charge in [0.25, 0.3) is 0 Å². The number of H-pyrrole nitrogens is 1. The molecule has 0 bridgehead atoms. The quantitative estimate of drug-likeness (QED) is 0.642. The maximum atomic E-state index is 3.93. The molecule has 1 saturated carbocycles. The van der Waals surface area contributed by atoms with E-state index in [0.29, 0.717) is 0 Å². The Balaban J connectivity index is 0.00000192. The van der Waals surface area contributed by atoms with Gasteiger partial charge in [-0.1, -0.05) is 48.5 Å². The molecule has 2 N–H and O–H groups in total. The number of fused-ring (bicyclic) bond motifs is 4. The number of aromatic nitrogens is 1. The minimum atomic E-state index is 0. The van der Waals surface area contributed by atoms with Gasteiger partial charge >= 0.3 is 0 Å². The monoisotopic (exact) mass is 395 g/mol. The summed E-state index contributed by atoms with van der Waals surface area (Å²) in [7, 11) is 4.49. The molecule has 2 heterocycles. The highest BCUT2D eigenvalue weighted by atomic mass is 35.5. The van der Waals surface area contributed by atoms with Crippen molar-refractivity contribution in [1.29, 1.82) is 0 Å². The van der Waals surface area contributed by atoms with Crippen LogP contribution >= 0.6 is 12.4 Å². The SMILES string of the molecule is CN(C)C1(c2ccccc2)CCC2(CC1)NCCc1c2[nH]c2ccccc12.Cl. The lowest BCUT2D eigenvalue weighted by Gasteiger charge is -2.51. The third-order valence-corrected chi connectivity index (χ3v) is 7.23. The zero-order chi connectivity index (χ0) is 18.5. The van der Waals surface area contributed by atoms with Crippen LogP contribution in [0.1, 0.15) is 42.5 Å². The van der Waals surface area contributed by atoms with Gasteiger partial charge in [0, 0.05) is 28.7 Å². The Hall–Kier alpha value is -1.81. The zero-order valence-electron chi connectivity index (χ0n) is 16.8. The van der Waals surface area contributed by atoms with Crippen molar-refractivity contribution >= 4 is 23.3 Å². The minimum absolute atomic E-state index is 0. The molecule has 0 saturated heterocycles. The maximum Gasteiger partial charge on any atom is 0.0591 e. The van der Waals surface area contributed by atoms with Crippen molar-refractivity contribution in [2.45, 2.75) is 43.2 Å². The first-order valence-electron chi connectivity index (χ1n) is 10.2. The molecule has 5 rings (SSSR count). The highest BCUT2D eigenvalue weighted by Crippen LogP contribution is 2.50. The number of halogens is 1. The van der Waals surface area contributed by atoms with E-state index in [4.69, 9.17) is 0 Å². The van der Waals surface area contributed by atoms with E-state index in [-0.39, 0.29) is 23.5 Å². The Bertz CT molecular complexity index is 952. The van der Waals surface area contributed by atoms with Crippen LogP contribution in [0, 0.1) is 0 Å². The van der Waals surface area contributed by atoms with Gasteiger partial charge in [-0.2, -0.15) is 0 Å². The first-order chi connectivity index (χ1) is 13.1. The van der Waals surface area contributed by atoms with Gasteiger partial charge in [0.2, 0.25) is 0 Å². The molecule has 3 nitrogen and oxygen atoms in total. The summed E-state index contributed by atoms with van der Waals surface area (Å²) in [6.07, 6.45) is 5.80. The fraction of sp³-hybridized carbons (Fsp3) is 0.417. The summed E-state index contributed by atoms with van der Waals surface area (Å²) < 4.78 is 0. The number of rotatable bonds is 2. The van der Waals surface area contributed by atoms with E-state index in [1.54, 1.807) is 5.56 Å². The first kappa shape index (κ1) is 19.5. The molecule has 0 amide bonds. The summed E-state index contributed by atoms with van der Waals surface area (Å²) in [5.41, 5.74) is 5.98. The second-order valence-electron chi connectivity index (χ2n) is 8.58. The smallest absolute Gasteiger partial charge is 0.0591 e. The van der Waals surface area contributed by atoms with Crippen molar-refractivity contribution in [2.75, 3.05) is 20.6 Å². The standard InChI is InChI=1S/C24H29N3.ClH/c1-27(2)24(18-8-4-3-5-9-18)15-13-23(14-16-24)22-20(12-17-25-23)19-10-6-7-11-21(19)26-22;/h3-11,25-26H,12-17H2,1-2H3;1H. The molecule has 4 heteroatoms. The molecule has 2 aliphatic rings. The number of benzene rings is 2. The lowest BCUT2D eigenvalue weighted by molar-refractivity contribution is 0.0496. The van der Waals surface area contributed by atoms with Crippen LogP contribution in [-0.4, -0.2) is 30.5 Å². The summed E-state index contributed by atoms with van der Waals surface area (Å²) in [5, 5.41) is 5.35. The summed E-state index contributed by atoms with van der Waals surface area (Å²) in [6.45, 7) is 1.08. The van der Waals surface area contributed by atoms with Crippen LogP contribution in [0.2, 0.25) is 0 Å². The van der Waals surface area contributed by atoms with Crippen LogP contribution in [-0.2, 0) is 17.5 Å². The van der Waals surface area contributed by atoms with Crippen LogP contribution in [0.3, 0.4) is 0 Å².